The van der Waals surface area contributed by atoms with Crippen molar-refractivity contribution in [3.05, 3.63) is 36.3 Å². The van der Waals surface area contributed by atoms with Crippen molar-refractivity contribution in [1.29, 1.82) is 0 Å². The maximum atomic E-state index is 5.37. The second-order valence-corrected chi connectivity index (χ2v) is 4.86. The summed E-state index contributed by atoms with van der Waals surface area (Å²) in [5.74, 6) is 1.09. The maximum Gasteiger partial charge on any atom is 0.258 e. The summed E-state index contributed by atoms with van der Waals surface area (Å²) in [5, 5.41) is 7.36. The molecule has 100 valence electrons. The van der Waals surface area contributed by atoms with Crippen LogP contribution in [0, 0.1) is 0 Å². The number of anilines is 1. The minimum atomic E-state index is 0.538. The Bertz CT molecular complexity index is 773. The largest absolute Gasteiger partial charge is 0.384 e. The van der Waals surface area contributed by atoms with Crippen molar-refractivity contribution >= 4 is 5.69 Å². The lowest BCUT2D eigenvalue weighted by Gasteiger charge is -2.00. The Kier molecular flexibility index (Phi) is 2.35. The van der Waals surface area contributed by atoms with Crippen LogP contribution in [0.25, 0.3) is 23.0 Å². The molecule has 3 heterocycles. The van der Waals surface area contributed by atoms with E-state index in [1.807, 2.05) is 17.7 Å². The number of benzene rings is 1. The minimum absolute atomic E-state index is 0.538. The van der Waals surface area contributed by atoms with Gasteiger partial charge in [-0.2, -0.15) is 4.98 Å². The zero-order chi connectivity index (χ0) is 13.5. The van der Waals surface area contributed by atoms with Crippen molar-refractivity contribution in [3.8, 4) is 23.0 Å². The van der Waals surface area contributed by atoms with E-state index in [9.17, 15) is 0 Å². The summed E-state index contributed by atoms with van der Waals surface area (Å²) in [6.07, 6.45) is 4.47. The number of imidazole rings is 1. The summed E-state index contributed by atoms with van der Waals surface area (Å²) in [7, 11) is 1.90. The van der Waals surface area contributed by atoms with E-state index in [1.54, 1.807) is 12.5 Å². The average molecular weight is 267 g/mol. The lowest BCUT2D eigenvalue weighted by molar-refractivity contribution is 0.432. The molecule has 1 aliphatic heterocycles. The highest BCUT2D eigenvalue weighted by atomic mass is 16.5. The number of aromatic nitrogens is 4. The molecule has 0 saturated carbocycles. The van der Waals surface area contributed by atoms with Crippen LogP contribution in [0.4, 0.5) is 5.69 Å². The Morgan fingerprint density at radius 1 is 1.35 bits per heavy atom. The summed E-state index contributed by atoms with van der Waals surface area (Å²) in [6.45, 7) is 0.989. The molecule has 0 saturated heterocycles. The van der Waals surface area contributed by atoms with Gasteiger partial charge in [0.2, 0.25) is 5.82 Å². The van der Waals surface area contributed by atoms with E-state index in [2.05, 4.69) is 32.6 Å². The van der Waals surface area contributed by atoms with Gasteiger partial charge in [-0.1, -0.05) is 5.16 Å². The summed E-state index contributed by atoms with van der Waals surface area (Å²) in [4.78, 5) is 8.51. The summed E-state index contributed by atoms with van der Waals surface area (Å²) < 4.78 is 7.23. The van der Waals surface area contributed by atoms with Crippen LogP contribution in [0.15, 0.2) is 35.2 Å². The number of hydrogen-bond donors (Lipinski definition) is 1. The van der Waals surface area contributed by atoms with Crippen molar-refractivity contribution < 1.29 is 4.52 Å². The van der Waals surface area contributed by atoms with Gasteiger partial charge >= 0.3 is 0 Å². The van der Waals surface area contributed by atoms with Crippen LogP contribution in [0.2, 0.25) is 0 Å². The van der Waals surface area contributed by atoms with Crippen LogP contribution in [-0.2, 0) is 13.5 Å². The summed E-state index contributed by atoms with van der Waals surface area (Å²) in [6, 6.07) is 6.17. The average Bonchev–Trinajstić information content (AvgIpc) is 3.17. The first-order chi connectivity index (χ1) is 9.81. The van der Waals surface area contributed by atoms with Crippen molar-refractivity contribution in [3.63, 3.8) is 0 Å². The third-order valence-electron chi connectivity index (χ3n) is 3.53. The van der Waals surface area contributed by atoms with E-state index in [1.165, 1.54) is 11.3 Å². The lowest BCUT2D eigenvalue weighted by Crippen LogP contribution is -1.91. The SMILES string of the molecule is Cn1cncc1-c1noc(-c2ccc3c(c2)CCN3)n1. The van der Waals surface area contributed by atoms with Gasteiger partial charge in [0, 0.05) is 24.8 Å². The monoisotopic (exact) mass is 267 g/mol. The highest BCUT2D eigenvalue weighted by molar-refractivity contribution is 5.66. The first kappa shape index (κ1) is 11.2. The van der Waals surface area contributed by atoms with Crippen molar-refractivity contribution in [2.75, 3.05) is 11.9 Å². The Morgan fingerprint density at radius 3 is 3.15 bits per heavy atom. The highest BCUT2D eigenvalue weighted by Gasteiger charge is 2.16. The molecule has 0 radical (unpaired) electrons. The third kappa shape index (κ3) is 1.69. The van der Waals surface area contributed by atoms with E-state index in [0.717, 1.165) is 24.2 Å². The van der Waals surface area contributed by atoms with Gasteiger partial charge in [-0.15, -0.1) is 0 Å². The highest BCUT2D eigenvalue weighted by Crippen LogP contribution is 2.28. The van der Waals surface area contributed by atoms with E-state index < -0.39 is 0 Å². The Hall–Kier alpha value is -2.63. The molecule has 1 aromatic carbocycles. The normalized spacial score (nSPS) is 13.2. The fourth-order valence-corrected chi connectivity index (χ4v) is 2.46. The van der Waals surface area contributed by atoms with Crippen LogP contribution >= 0.6 is 0 Å². The van der Waals surface area contributed by atoms with Crippen LogP contribution < -0.4 is 5.32 Å². The van der Waals surface area contributed by atoms with Crippen molar-refractivity contribution in [2.24, 2.45) is 7.05 Å². The molecule has 1 N–H and O–H groups in total. The van der Waals surface area contributed by atoms with E-state index in [4.69, 9.17) is 4.52 Å². The number of fused-ring (bicyclic) bond motifs is 1. The first-order valence-electron chi connectivity index (χ1n) is 6.49. The van der Waals surface area contributed by atoms with Crippen molar-refractivity contribution in [1.82, 2.24) is 19.7 Å². The molecule has 0 fully saturated rings. The molecule has 3 aromatic rings. The predicted octanol–water partition coefficient (Wildman–Crippen LogP) is 2.11. The molecule has 6 nitrogen and oxygen atoms in total. The summed E-state index contributed by atoms with van der Waals surface area (Å²) >= 11 is 0. The fourth-order valence-electron chi connectivity index (χ4n) is 2.46. The molecule has 0 bridgehead atoms. The number of nitrogens with one attached hydrogen (secondary N) is 1. The second kappa shape index (κ2) is 4.19. The van der Waals surface area contributed by atoms with Gasteiger partial charge in [-0.05, 0) is 30.2 Å². The molecule has 0 aliphatic carbocycles. The van der Waals surface area contributed by atoms with E-state index >= 15 is 0 Å². The topological polar surface area (TPSA) is 68.8 Å². The van der Waals surface area contributed by atoms with E-state index in [-0.39, 0.29) is 0 Å². The lowest BCUT2D eigenvalue weighted by atomic mass is 10.1. The fraction of sp³-hybridized carbons (Fsp3) is 0.214. The van der Waals surface area contributed by atoms with Crippen molar-refractivity contribution in [2.45, 2.75) is 6.42 Å². The van der Waals surface area contributed by atoms with Gasteiger partial charge in [0.25, 0.3) is 5.89 Å². The van der Waals surface area contributed by atoms with Crippen LogP contribution in [0.1, 0.15) is 5.56 Å². The Labute approximate surface area is 115 Å². The zero-order valence-corrected chi connectivity index (χ0v) is 11.0. The summed E-state index contributed by atoms with van der Waals surface area (Å²) in [5.41, 5.74) is 4.28. The van der Waals surface area contributed by atoms with E-state index in [0.29, 0.717) is 11.7 Å². The van der Waals surface area contributed by atoms with Crippen LogP contribution in [0.5, 0.6) is 0 Å². The molecule has 6 heteroatoms. The van der Waals surface area contributed by atoms with Gasteiger partial charge in [-0.25, -0.2) is 4.98 Å². The van der Waals surface area contributed by atoms with Gasteiger partial charge in [0.05, 0.1) is 12.5 Å². The quantitative estimate of drug-likeness (QED) is 0.770. The molecule has 0 atom stereocenters. The number of rotatable bonds is 2. The molecular weight excluding hydrogens is 254 g/mol. The molecule has 0 amide bonds. The van der Waals surface area contributed by atoms with Crippen LogP contribution in [-0.4, -0.2) is 26.2 Å². The molecule has 0 unspecified atom stereocenters. The molecule has 2 aromatic heterocycles. The standard InChI is InChI=1S/C14H13N5O/c1-19-8-15-7-12(19)13-17-14(20-18-13)10-2-3-11-9(6-10)4-5-16-11/h2-3,6-8,16H,4-5H2,1H3. The third-order valence-corrected chi connectivity index (χ3v) is 3.53. The number of nitrogens with zero attached hydrogens (tertiary/aromatic N) is 4. The smallest absolute Gasteiger partial charge is 0.258 e. The molecule has 1 aliphatic rings. The van der Waals surface area contributed by atoms with Gasteiger partial charge in [-0.3, -0.25) is 0 Å². The van der Waals surface area contributed by atoms with Gasteiger partial charge < -0.3 is 14.4 Å². The van der Waals surface area contributed by atoms with Crippen LogP contribution in [0.3, 0.4) is 0 Å². The van der Waals surface area contributed by atoms with Gasteiger partial charge in [0.15, 0.2) is 0 Å². The maximum absolute atomic E-state index is 5.37. The zero-order valence-electron chi connectivity index (χ0n) is 11.0. The van der Waals surface area contributed by atoms with Gasteiger partial charge in [0.1, 0.15) is 5.69 Å². The molecule has 20 heavy (non-hydrogen) atoms. The first-order valence-corrected chi connectivity index (χ1v) is 6.49. The predicted molar refractivity (Wildman–Crippen MR) is 74.1 cm³/mol. The Balaban J connectivity index is 1.73. The molecule has 0 spiro atoms. The second-order valence-electron chi connectivity index (χ2n) is 4.86. The number of hydrogen-bond acceptors (Lipinski definition) is 5. The Morgan fingerprint density at radius 2 is 2.30 bits per heavy atom. The number of aryl methyl sites for hydroxylation is 1. The molecule has 4 rings (SSSR count). The minimum Gasteiger partial charge on any atom is -0.384 e. The molecular formula is C14H13N5O.